The van der Waals surface area contributed by atoms with Crippen molar-refractivity contribution in [3.63, 3.8) is 0 Å². The highest BCUT2D eigenvalue weighted by Crippen LogP contribution is 2.34. The fourth-order valence-corrected chi connectivity index (χ4v) is 5.85. The summed E-state index contributed by atoms with van der Waals surface area (Å²) in [6.45, 7) is 12.1. The number of fused-ring (bicyclic) bond motifs is 1. The highest BCUT2D eigenvalue weighted by Gasteiger charge is 2.27. The lowest BCUT2D eigenvalue weighted by atomic mass is 9.90. The molecule has 0 saturated carbocycles. The first kappa shape index (κ1) is 28.5. The second-order valence-corrected chi connectivity index (χ2v) is 11.0. The van der Waals surface area contributed by atoms with Gasteiger partial charge >= 0.3 is 0 Å². The monoisotopic (exact) mass is 516 g/mol. The van der Waals surface area contributed by atoms with E-state index in [2.05, 4.69) is 82.0 Å². The van der Waals surface area contributed by atoms with Crippen LogP contribution in [0.5, 0.6) is 0 Å². The molecule has 6 heteroatoms. The van der Waals surface area contributed by atoms with Crippen molar-refractivity contribution < 1.29 is 0 Å². The first-order valence-electron chi connectivity index (χ1n) is 14.8. The molecular formula is C32H48N6. The van der Waals surface area contributed by atoms with Crippen molar-refractivity contribution in [3.8, 4) is 0 Å². The number of nitrogens with one attached hydrogen (secondary N) is 1. The van der Waals surface area contributed by atoms with Gasteiger partial charge in [-0.1, -0.05) is 44.2 Å². The van der Waals surface area contributed by atoms with Gasteiger partial charge in [0.2, 0.25) is 0 Å². The van der Waals surface area contributed by atoms with Crippen LogP contribution in [0.25, 0.3) is 0 Å². The average molecular weight is 517 g/mol. The lowest BCUT2D eigenvalue weighted by molar-refractivity contribution is 0.153. The number of H-pyrrole nitrogens is 1. The smallest absolute Gasteiger partial charge is 0.120 e. The first-order valence-corrected chi connectivity index (χ1v) is 14.8. The van der Waals surface area contributed by atoms with Gasteiger partial charge in [0.25, 0.3) is 0 Å². The van der Waals surface area contributed by atoms with E-state index in [4.69, 9.17) is 4.98 Å². The summed E-state index contributed by atoms with van der Waals surface area (Å²) in [5.41, 5.74) is 5.38. The van der Waals surface area contributed by atoms with E-state index < -0.39 is 0 Å². The number of hydrogen-bond acceptors (Lipinski definition) is 5. The van der Waals surface area contributed by atoms with Crippen LogP contribution in [-0.2, 0) is 26.1 Å². The Kier molecular flexibility index (Phi) is 11.4. The molecular weight excluding hydrogens is 468 g/mol. The number of aromatic amines is 1. The topological polar surface area (TPSA) is 51.3 Å². The summed E-state index contributed by atoms with van der Waals surface area (Å²) in [5, 5.41) is 0. The van der Waals surface area contributed by atoms with E-state index in [1.165, 1.54) is 74.1 Å². The lowest BCUT2D eigenvalue weighted by Crippen LogP contribution is -2.31. The SMILES string of the molecule is CCCN(CCC)CCCCN(C)Cc1ccc(CN(Cc2ncc[nH]2)C2CCCc3cccnc32)cc1. The normalized spacial score (nSPS) is 15.5. The number of unbranched alkanes of at least 4 members (excludes halogenated alkanes) is 1. The van der Waals surface area contributed by atoms with Gasteiger partial charge < -0.3 is 14.8 Å². The Labute approximate surface area is 230 Å². The van der Waals surface area contributed by atoms with Crippen LogP contribution in [0.3, 0.4) is 0 Å². The number of hydrogen-bond donors (Lipinski definition) is 1. The molecule has 1 N–H and O–H groups in total. The molecule has 0 fully saturated rings. The summed E-state index contributed by atoms with van der Waals surface area (Å²) < 4.78 is 0. The maximum absolute atomic E-state index is 4.82. The molecule has 0 aliphatic heterocycles. The lowest BCUT2D eigenvalue weighted by Gasteiger charge is -2.34. The summed E-state index contributed by atoms with van der Waals surface area (Å²) >= 11 is 0. The third-order valence-electron chi connectivity index (χ3n) is 7.72. The standard InChI is InChI=1S/C32H48N6/c1-4-20-37(21-5-2)23-7-6-22-36(3)24-27-13-15-28(16-14-27)25-38(26-31-33-18-19-34-31)30-12-8-10-29-11-9-17-35-32(29)30/h9,11,13-19,30H,4-8,10,12,20-26H2,1-3H3,(H,33,34). The summed E-state index contributed by atoms with van der Waals surface area (Å²) in [6, 6.07) is 13.9. The van der Waals surface area contributed by atoms with Gasteiger partial charge in [0.15, 0.2) is 0 Å². The maximum atomic E-state index is 4.82. The quantitative estimate of drug-likeness (QED) is 0.229. The van der Waals surface area contributed by atoms with E-state index >= 15 is 0 Å². The predicted molar refractivity (Wildman–Crippen MR) is 157 cm³/mol. The van der Waals surface area contributed by atoms with Crippen LogP contribution in [0, 0.1) is 0 Å². The molecule has 1 atom stereocenters. The molecule has 6 nitrogen and oxygen atoms in total. The zero-order valence-electron chi connectivity index (χ0n) is 23.9. The van der Waals surface area contributed by atoms with Crippen molar-refractivity contribution in [3.05, 3.63) is 83.2 Å². The third-order valence-corrected chi connectivity index (χ3v) is 7.72. The van der Waals surface area contributed by atoms with Crippen molar-refractivity contribution >= 4 is 0 Å². The number of aryl methyl sites for hydroxylation is 1. The zero-order chi connectivity index (χ0) is 26.6. The van der Waals surface area contributed by atoms with Crippen LogP contribution in [-0.4, -0.2) is 62.9 Å². The van der Waals surface area contributed by atoms with Crippen LogP contribution < -0.4 is 0 Å². The molecule has 1 aliphatic rings. The largest absolute Gasteiger partial charge is 0.348 e. The van der Waals surface area contributed by atoms with Gasteiger partial charge in [0.1, 0.15) is 5.82 Å². The Balaban J connectivity index is 1.32. The van der Waals surface area contributed by atoms with Gasteiger partial charge in [-0.2, -0.15) is 0 Å². The highest BCUT2D eigenvalue weighted by atomic mass is 15.2. The Bertz CT molecular complexity index is 1040. The molecule has 0 bridgehead atoms. The maximum Gasteiger partial charge on any atom is 0.120 e. The second-order valence-electron chi connectivity index (χ2n) is 11.0. The van der Waals surface area contributed by atoms with Gasteiger partial charge in [0.05, 0.1) is 18.3 Å². The van der Waals surface area contributed by atoms with Crippen LogP contribution >= 0.6 is 0 Å². The number of imidazole rings is 1. The Morgan fingerprint density at radius 3 is 2.29 bits per heavy atom. The zero-order valence-corrected chi connectivity index (χ0v) is 23.9. The summed E-state index contributed by atoms with van der Waals surface area (Å²) in [5.74, 6) is 1.01. The van der Waals surface area contributed by atoms with Crippen LogP contribution in [0.2, 0.25) is 0 Å². The fourth-order valence-electron chi connectivity index (χ4n) is 5.85. The molecule has 1 aliphatic carbocycles. The average Bonchev–Trinajstić information content (AvgIpc) is 3.45. The Morgan fingerprint density at radius 2 is 1.58 bits per heavy atom. The molecule has 206 valence electrons. The molecule has 0 amide bonds. The Hall–Kier alpha value is -2.54. The van der Waals surface area contributed by atoms with Crippen molar-refractivity contribution in [2.45, 2.75) is 84.5 Å². The molecule has 1 unspecified atom stereocenters. The first-order chi connectivity index (χ1) is 18.7. The molecule has 2 aromatic heterocycles. The minimum Gasteiger partial charge on any atom is -0.348 e. The summed E-state index contributed by atoms with van der Waals surface area (Å²) in [6.07, 6.45) is 14.2. The molecule has 3 aromatic rings. The molecule has 0 spiro atoms. The third kappa shape index (κ3) is 8.48. The van der Waals surface area contributed by atoms with Crippen LogP contribution in [0.4, 0.5) is 0 Å². The van der Waals surface area contributed by atoms with Crippen molar-refractivity contribution in [2.75, 3.05) is 33.2 Å². The molecule has 1 aromatic carbocycles. The number of benzene rings is 1. The predicted octanol–water partition coefficient (Wildman–Crippen LogP) is 6.22. The number of pyridine rings is 1. The van der Waals surface area contributed by atoms with E-state index in [9.17, 15) is 0 Å². The van der Waals surface area contributed by atoms with Gasteiger partial charge in [0, 0.05) is 31.7 Å². The molecule has 0 saturated heterocycles. The van der Waals surface area contributed by atoms with Gasteiger partial charge in [-0.25, -0.2) is 4.98 Å². The van der Waals surface area contributed by atoms with Gasteiger partial charge in [-0.3, -0.25) is 9.88 Å². The van der Waals surface area contributed by atoms with E-state index in [1.54, 1.807) is 0 Å². The van der Waals surface area contributed by atoms with E-state index in [0.717, 1.165) is 44.8 Å². The summed E-state index contributed by atoms with van der Waals surface area (Å²) in [7, 11) is 2.25. The fraction of sp³-hybridized carbons (Fsp3) is 0.562. The minimum atomic E-state index is 0.321. The van der Waals surface area contributed by atoms with Crippen LogP contribution in [0.15, 0.2) is 55.0 Å². The number of nitrogens with zero attached hydrogens (tertiary/aromatic N) is 5. The molecule has 38 heavy (non-hydrogen) atoms. The highest BCUT2D eigenvalue weighted by molar-refractivity contribution is 5.27. The van der Waals surface area contributed by atoms with E-state index in [-0.39, 0.29) is 0 Å². The molecule has 4 rings (SSSR count). The van der Waals surface area contributed by atoms with E-state index in [0.29, 0.717) is 6.04 Å². The van der Waals surface area contributed by atoms with Gasteiger partial charge in [-0.05, 0) is 101 Å². The van der Waals surface area contributed by atoms with Crippen molar-refractivity contribution in [1.82, 2.24) is 29.7 Å². The van der Waals surface area contributed by atoms with Crippen molar-refractivity contribution in [1.29, 1.82) is 0 Å². The van der Waals surface area contributed by atoms with E-state index in [1.807, 2.05) is 18.6 Å². The second kappa shape index (κ2) is 15.2. The summed E-state index contributed by atoms with van der Waals surface area (Å²) in [4.78, 5) is 20.3. The number of rotatable bonds is 16. The minimum absolute atomic E-state index is 0.321. The van der Waals surface area contributed by atoms with Gasteiger partial charge in [-0.15, -0.1) is 0 Å². The molecule has 0 radical (unpaired) electrons. The number of aromatic nitrogens is 3. The van der Waals surface area contributed by atoms with Crippen LogP contribution in [0.1, 0.15) is 86.6 Å². The molecule has 2 heterocycles. The Morgan fingerprint density at radius 1 is 0.842 bits per heavy atom. The van der Waals surface area contributed by atoms with Crippen molar-refractivity contribution in [2.24, 2.45) is 0 Å².